The first-order valence-corrected chi connectivity index (χ1v) is 7.87. The fourth-order valence-electron chi connectivity index (χ4n) is 2.15. The molecule has 0 radical (unpaired) electrons. The Kier molecular flexibility index (Phi) is 6.68. The van der Waals surface area contributed by atoms with E-state index in [1.807, 2.05) is 25.1 Å². The zero-order valence-corrected chi connectivity index (χ0v) is 13.5. The molecule has 122 valence electrons. The summed E-state index contributed by atoms with van der Waals surface area (Å²) < 4.78 is 10.7. The van der Waals surface area contributed by atoms with E-state index < -0.39 is 0 Å². The smallest absolute Gasteiger partial charge is 0.234 e. The van der Waals surface area contributed by atoms with Crippen molar-refractivity contribution in [2.24, 2.45) is 5.92 Å². The number of ether oxygens (including phenoxy) is 2. The molecule has 5 nitrogen and oxygen atoms in total. The van der Waals surface area contributed by atoms with Gasteiger partial charge in [0.15, 0.2) is 0 Å². The van der Waals surface area contributed by atoms with Gasteiger partial charge in [-0.3, -0.25) is 4.79 Å². The minimum atomic E-state index is 0.0177. The lowest BCUT2D eigenvalue weighted by Crippen LogP contribution is -2.34. The number of amides is 1. The summed E-state index contributed by atoms with van der Waals surface area (Å²) in [7, 11) is 1.65. The molecule has 1 saturated carbocycles. The van der Waals surface area contributed by atoms with E-state index in [1.54, 1.807) is 7.11 Å². The Morgan fingerprint density at radius 3 is 2.86 bits per heavy atom. The van der Waals surface area contributed by atoms with Crippen LogP contribution < -0.4 is 15.4 Å². The van der Waals surface area contributed by atoms with Crippen LogP contribution in [0.15, 0.2) is 18.2 Å². The van der Waals surface area contributed by atoms with E-state index in [2.05, 4.69) is 10.6 Å². The van der Waals surface area contributed by atoms with Crippen LogP contribution in [0.4, 0.5) is 0 Å². The first-order chi connectivity index (χ1) is 10.7. The highest BCUT2D eigenvalue weighted by atomic mass is 16.5. The Balaban J connectivity index is 1.78. The summed E-state index contributed by atoms with van der Waals surface area (Å²) in [6.45, 7) is 4.88. The third-order valence-corrected chi connectivity index (χ3v) is 3.66. The molecule has 1 aliphatic rings. The molecule has 0 aliphatic heterocycles. The number of carbonyl (C=O) groups excluding carboxylic acids is 1. The lowest BCUT2D eigenvalue weighted by atomic mass is 10.1. The molecular formula is C17H26N2O3. The van der Waals surface area contributed by atoms with Gasteiger partial charge < -0.3 is 20.1 Å². The van der Waals surface area contributed by atoms with Crippen molar-refractivity contribution in [2.75, 3.05) is 33.4 Å². The lowest BCUT2D eigenvalue weighted by Gasteiger charge is -2.13. The third-order valence-electron chi connectivity index (χ3n) is 3.66. The molecule has 1 aliphatic carbocycles. The molecule has 1 fully saturated rings. The van der Waals surface area contributed by atoms with Gasteiger partial charge in [0.05, 0.1) is 13.2 Å². The molecule has 2 N–H and O–H groups in total. The maximum absolute atomic E-state index is 11.8. The number of methoxy groups -OCH3 is 1. The summed E-state index contributed by atoms with van der Waals surface area (Å²) in [6, 6.07) is 6.01. The Morgan fingerprint density at radius 1 is 1.32 bits per heavy atom. The zero-order chi connectivity index (χ0) is 15.8. The molecule has 0 atom stereocenters. The van der Waals surface area contributed by atoms with Crippen LogP contribution in [0.1, 0.15) is 24.0 Å². The number of nitrogens with one attached hydrogen (secondary N) is 2. The van der Waals surface area contributed by atoms with Crippen molar-refractivity contribution in [1.29, 1.82) is 0 Å². The first-order valence-electron chi connectivity index (χ1n) is 7.87. The molecule has 0 aromatic heterocycles. The number of carbonyl (C=O) groups is 1. The van der Waals surface area contributed by atoms with Crippen LogP contribution in [0.2, 0.25) is 0 Å². The van der Waals surface area contributed by atoms with E-state index in [0.717, 1.165) is 29.3 Å². The van der Waals surface area contributed by atoms with E-state index in [-0.39, 0.29) is 5.91 Å². The van der Waals surface area contributed by atoms with Gasteiger partial charge in [-0.15, -0.1) is 0 Å². The highest BCUT2D eigenvalue weighted by Crippen LogP contribution is 2.27. The lowest BCUT2D eigenvalue weighted by molar-refractivity contribution is -0.120. The van der Waals surface area contributed by atoms with Gasteiger partial charge in [0.1, 0.15) is 12.4 Å². The Hall–Kier alpha value is -1.59. The number of aryl methyl sites for hydroxylation is 1. The van der Waals surface area contributed by atoms with Crippen LogP contribution in [0.3, 0.4) is 0 Å². The van der Waals surface area contributed by atoms with E-state index >= 15 is 0 Å². The van der Waals surface area contributed by atoms with Crippen molar-refractivity contribution < 1.29 is 14.3 Å². The van der Waals surface area contributed by atoms with Crippen LogP contribution in [-0.4, -0.2) is 39.3 Å². The summed E-state index contributed by atoms with van der Waals surface area (Å²) in [6.07, 6.45) is 2.58. The molecule has 0 saturated heterocycles. The highest BCUT2D eigenvalue weighted by Gasteiger charge is 2.20. The predicted octanol–water partition coefficient (Wildman–Crippen LogP) is 1.64. The topological polar surface area (TPSA) is 59.6 Å². The minimum Gasteiger partial charge on any atom is -0.491 e. The third kappa shape index (κ3) is 6.03. The summed E-state index contributed by atoms with van der Waals surface area (Å²) in [5, 5.41) is 6.12. The molecule has 2 rings (SSSR count). The SMILES string of the molecule is COCCOc1cc(C)ccc1CNC(=O)CNCC1CC1. The molecule has 0 spiro atoms. The molecule has 0 heterocycles. The van der Waals surface area contributed by atoms with Crippen LogP contribution in [0.25, 0.3) is 0 Å². The van der Waals surface area contributed by atoms with Gasteiger partial charge in [0.25, 0.3) is 0 Å². The van der Waals surface area contributed by atoms with Gasteiger partial charge in [-0.1, -0.05) is 12.1 Å². The van der Waals surface area contributed by atoms with Gasteiger partial charge >= 0.3 is 0 Å². The fraction of sp³-hybridized carbons (Fsp3) is 0.588. The average molecular weight is 306 g/mol. The summed E-state index contributed by atoms with van der Waals surface area (Å²) in [5.74, 6) is 1.61. The maximum atomic E-state index is 11.8. The Labute approximate surface area is 132 Å². The van der Waals surface area contributed by atoms with Crippen molar-refractivity contribution in [2.45, 2.75) is 26.3 Å². The van der Waals surface area contributed by atoms with Crippen LogP contribution in [-0.2, 0) is 16.1 Å². The van der Waals surface area contributed by atoms with E-state index in [0.29, 0.717) is 26.3 Å². The molecule has 5 heteroatoms. The minimum absolute atomic E-state index is 0.0177. The van der Waals surface area contributed by atoms with Crippen molar-refractivity contribution in [3.8, 4) is 5.75 Å². The van der Waals surface area contributed by atoms with E-state index in [9.17, 15) is 4.79 Å². The van der Waals surface area contributed by atoms with E-state index in [4.69, 9.17) is 9.47 Å². The predicted molar refractivity (Wildman–Crippen MR) is 86.0 cm³/mol. The first kappa shape index (κ1) is 16.8. The zero-order valence-electron chi connectivity index (χ0n) is 13.5. The molecule has 0 bridgehead atoms. The standard InChI is InChI=1S/C17H26N2O3/c1-13-3-6-15(16(9-13)22-8-7-21-2)11-19-17(20)12-18-10-14-4-5-14/h3,6,9,14,18H,4-5,7-8,10-12H2,1-2H3,(H,19,20). The maximum Gasteiger partial charge on any atom is 0.234 e. The monoisotopic (exact) mass is 306 g/mol. The summed E-state index contributed by atoms with van der Waals surface area (Å²) in [5.41, 5.74) is 2.12. The van der Waals surface area contributed by atoms with Crippen molar-refractivity contribution in [3.05, 3.63) is 29.3 Å². The quantitative estimate of drug-likeness (QED) is 0.645. The molecule has 0 unspecified atom stereocenters. The van der Waals surface area contributed by atoms with Crippen LogP contribution in [0, 0.1) is 12.8 Å². The van der Waals surface area contributed by atoms with Crippen molar-refractivity contribution in [3.63, 3.8) is 0 Å². The fourth-order valence-corrected chi connectivity index (χ4v) is 2.15. The van der Waals surface area contributed by atoms with Gasteiger partial charge in [0, 0.05) is 19.2 Å². The highest BCUT2D eigenvalue weighted by molar-refractivity contribution is 5.78. The van der Waals surface area contributed by atoms with Crippen LogP contribution >= 0.6 is 0 Å². The number of hydrogen-bond donors (Lipinski definition) is 2. The normalized spacial score (nSPS) is 13.9. The number of benzene rings is 1. The Bertz CT molecular complexity index is 487. The summed E-state index contributed by atoms with van der Waals surface area (Å²) >= 11 is 0. The average Bonchev–Trinajstić information content (AvgIpc) is 3.31. The number of rotatable bonds is 10. The number of hydrogen-bond acceptors (Lipinski definition) is 4. The van der Waals surface area contributed by atoms with Crippen molar-refractivity contribution in [1.82, 2.24) is 10.6 Å². The largest absolute Gasteiger partial charge is 0.491 e. The second kappa shape index (κ2) is 8.76. The van der Waals surface area contributed by atoms with Crippen molar-refractivity contribution >= 4 is 5.91 Å². The molecule has 1 aromatic rings. The second-order valence-electron chi connectivity index (χ2n) is 5.80. The van der Waals surface area contributed by atoms with Gasteiger partial charge in [-0.05, 0) is 43.9 Å². The second-order valence-corrected chi connectivity index (χ2v) is 5.80. The molecular weight excluding hydrogens is 280 g/mol. The molecule has 1 aromatic carbocycles. The van der Waals surface area contributed by atoms with Gasteiger partial charge in [-0.25, -0.2) is 0 Å². The molecule has 22 heavy (non-hydrogen) atoms. The van der Waals surface area contributed by atoms with E-state index in [1.165, 1.54) is 12.8 Å². The van der Waals surface area contributed by atoms with Crippen LogP contribution in [0.5, 0.6) is 5.75 Å². The van der Waals surface area contributed by atoms with Gasteiger partial charge in [-0.2, -0.15) is 0 Å². The van der Waals surface area contributed by atoms with Gasteiger partial charge in [0.2, 0.25) is 5.91 Å². The Morgan fingerprint density at radius 2 is 2.14 bits per heavy atom. The summed E-state index contributed by atoms with van der Waals surface area (Å²) in [4.78, 5) is 11.8. The molecule has 1 amide bonds.